The summed E-state index contributed by atoms with van der Waals surface area (Å²) >= 11 is 0. The quantitative estimate of drug-likeness (QED) is 0.673. The molecule has 8 heteroatoms. The molecule has 0 saturated carbocycles. The van der Waals surface area contributed by atoms with Gasteiger partial charge >= 0.3 is 12.1 Å². The Morgan fingerprint density at radius 3 is 2.19 bits per heavy atom. The standard InChI is InChI=1S/C6H12N2O.C2HF3O2/c1-9-8-6-2-4-7-5-3-6;3-2(4,5)1(6)7/h7H,2-5H2,1H3;(H,6,7). The number of hydrogen-bond acceptors (Lipinski definition) is 4. The lowest BCUT2D eigenvalue weighted by molar-refractivity contribution is -0.192. The molecule has 1 fully saturated rings. The molecule has 0 aromatic rings. The molecule has 1 aliphatic rings. The van der Waals surface area contributed by atoms with Gasteiger partial charge in [0.05, 0.1) is 5.71 Å². The van der Waals surface area contributed by atoms with Crippen molar-refractivity contribution in [3.8, 4) is 0 Å². The summed E-state index contributed by atoms with van der Waals surface area (Å²) in [5.74, 6) is -2.76. The Bertz CT molecular complexity index is 245. The van der Waals surface area contributed by atoms with Crippen LogP contribution in [-0.2, 0) is 9.63 Å². The van der Waals surface area contributed by atoms with E-state index < -0.39 is 12.1 Å². The lowest BCUT2D eigenvalue weighted by atomic mass is 10.1. The Balaban J connectivity index is 0.000000293. The van der Waals surface area contributed by atoms with Crippen molar-refractivity contribution in [1.82, 2.24) is 5.32 Å². The van der Waals surface area contributed by atoms with Crippen molar-refractivity contribution in [2.45, 2.75) is 19.0 Å². The van der Waals surface area contributed by atoms with Crippen molar-refractivity contribution in [2.24, 2.45) is 5.16 Å². The molecule has 0 radical (unpaired) electrons. The van der Waals surface area contributed by atoms with E-state index >= 15 is 0 Å². The van der Waals surface area contributed by atoms with E-state index in [1.807, 2.05) is 0 Å². The van der Waals surface area contributed by atoms with Crippen molar-refractivity contribution < 1.29 is 27.9 Å². The Hall–Kier alpha value is -1.31. The van der Waals surface area contributed by atoms with Gasteiger partial charge in [0.2, 0.25) is 0 Å². The summed E-state index contributed by atoms with van der Waals surface area (Å²) in [5.41, 5.74) is 1.18. The van der Waals surface area contributed by atoms with Crippen LogP contribution in [0.25, 0.3) is 0 Å². The lowest BCUT2D eigenvalue weighted by Crippen LogP contribution is -2.27. The molecule has 1 rings (SSSR count). The summed E-state index contributed by atoms with van der Waals surface area (Å²) in [6.45, 7) is 2.09. The lowest BCUT2D eigenvalue weighted by Gasteiger charge is -2.12. The second-order valence-electron chi connectivity index (χ2n) is 2.89. The highest BCUT2D eigenvalue weighted by Crippen LogP contribution is 2.13. The minimum atomic E-state index is -5.08. The van der Waals surface area contributed by atoms with Crippen molar-refractivity contribution in [3.63, 3.8) is 0 Å². The van der Waals surface area contributed by atoms with Crippen LogP contribution in [0.3, 0.4) is 0 Å². The fourth-order valence-electron chi connectivity index (χ4n) is 0.936. The van der Waals surface area contributed by atoms with Gasteiger partial charge in [0.15, 0.2) is 0 Å². The number of aliphatic carboxylic acids is 1. The van der Waals surface area contributed by atoms with E-state index in [0.717, 1.165) is 25.9 Å². The van der Waals surface area contributed by atoms with Crippen LogP contribution in [0.4, 0.5) is 13.2 Å². The van der Waals surface area contributed by atoms with Gasteiger partial charge in [-0.2, -0.15) is 13.2 Å². The average molecular weight is 242 g/mol. The average Bonchev–Trinajstić information content (AvgIpc) is 2.19. The monoisotopic (exact) mass is 242 g/mol. The van der Waals surface area contributed by atoms with Crippen molar-refractivity contribution in [2.75, 3.05) is 20.2 Å². The highest BCUT2D eigenvalue weighted by atomic mass is 19.4. The molecule has 0 aromatic heterocycles. The molecule has 0 spiro atoms. The Morgan fingerprint density at radius 2 is 1.88 bits per heavy atom. The zero-order chi connectivity index (χ0) is 12.6. The number of nitrogens with one attached hydrogen (secondary N) is 1. The van der Waals surface area contributed by atoms with E-state index in [1.54, 1.807) is 7.11 Å². The number of piperidine rings is 1. The Morgan fingerprint density at radius 1 is 1.44 bits per heavy atom. The second-order valence-corrected chi connectivity index (χ2v) is 2.89. The third-order valence-electron chi connectivity index (χ3n) is 1.64. The van der Waals surface area contributed by atoms with E-state index in [4.69, 9.17) is 9.90 Å². The molecular weight excluding hydrogens is 229 g/mol. The molecule has 16 heavy (non-hydrogen) atoms. The van der Waals surface area contributed by atoms with Gasteiger partial charge in [-0.1, -0.05) is 5.16 Å². The van der Waals surface area contributed by atoms with Crippen LogP contribution in [0.5, 0.6) is 0 Å². The highest BCUT2D eigenvalue weighted by molar-refractivity contribution is 5.84. The van der Waals surface area contributed by atoms with Crippen LogP contribution in [0.1, 0.15) is 12.8 Å². The summed E-state index contributed by atoms with van der Waals surface area (Å²) in [6.07, 6.45) is -3.01. The van der Waals surface area contributed by atoms with Gasteiger partial charge in [-0.25, -0.2) is 4.79 Å². The maximum absolute atomic E-state index is 10.6. The number of halogens is 3. The highest BCUT2D eigenvalue weighted by Gasteiger charge is 2.38. The van der Waals surface area contributed by atoms with E-state index in [0.29, 0.717) is 0 Å². The minimum absolute atomic E-state index is 1.04. The molecule has 94 valence electrons. The molecule has 0 aromatic carbocycles. The van der Waals surface area contributed by atoms with Gasteiger partial charge in [-0.15, -0.1) is 0 Å². The molecule has 0 unspecified atom stereocenters. The first-order valence-corrected chi connectivity index (χ1v) is 4.47. The summed E-state index contributed by atoms with van der Waals surface area (Å²) in [7, 11) is 1.59. The number of carbonyl (C=O) groups is 1. The zero-order valence-corrected chi connectivity index (χ0v) is 8.67. The topological polar surface area (TPSA) is 70.9 Å². The Kier molecular flexibility index (Phi) is 6.47. The summed E-state index contributed by atoms with van der Waals surface area (Å²) in [5, 5.41) is 14.2. The molecule has 1 aliphatic heterocycles. The number of carboxylic acids is 1. The van der Waals surface area contributed by atoms with Crippen LogP contribution < -0.4 is 5.32 Å². The molecule has 2 N–H and O–H groups in total. The first-order valence-electron chi connectivity index (χ1n) is 4.47. The predicted molar refractivity (Wildman–Crippen MR) is 50.2 cm³/mol. The van der Waals surface area contributed by atoms with E-state index in [1.165, 1.54) is 5.71 Å². The number of oxime groups is 1. The van der Waals surface area contributed by atoms with Crippen molar-refractivity contribution in [3.05, 3.63) is 0 Å². The second kappa shape index (κ2) is 7.04. The molecule has 0 atom stereocenters. The van der Waals surface area contributed by atoms with Gasteiger partial charge in [-0.3, -0.25) is 0 Å². The SMILES string of the molecule is CON=C1CCNCC1.O=C(O)C(F)(F)F. The summed E-state index contributed by atoms with van der Waals surface area (Å²) in [4.78, 5) is 13.5. The normalized spacial score (nSPS) is 15.9. The molecule has 5 nitrogen and oxygen atoms in total. The number of carboxylic acid groups (broad SMARTS) is 1. The largest absolute Gasteiger partial charge is 0.490 e. The van der Waals surface area contributed by atoms with Gasteiger partial charge in [0.1, 0.15) is 7.11 Å². The minimum Gasteiger partial charge on any atom is -0.475 e. The number of rotatable bonds is 1. The number of hydrogen-bond donors (Lipinski definition) is 2. The summed E-state index contributed by atoms with van der Waals surface area (Å²) in [6, 6.07) is 0. The molecule has 1 heterocycles. The van der Waals surface area contributed by atoms with E-state index in [2.05, 4.69) is 15.3 Å². The Labute approximate surface area is 90.3 Å². The van der Waals surface area contributed by atoms with Crippen molar-refractivity contribution >= 4 is 11.7 Å². The van der Waals surface area contributed by atoms with E-state index in [9.17, 15) is 13.2 Å². The fraction of sp³-hybridized carbons (Fsp3) is 0.750. The number of nitrogens with zero attached hydrogens (tertiary/aromatic N) is 1. The van der Waals surface area contributed by atoms with Crippen LogP contribution in [0, 0.1) is 0 Å². The van der Waals surface area contributed by atoms with E-state index in [-0.39, 0.29) is 0 Å². The molecule has 0 aliphatic carbocycles. The predicted octanol–water partition coefficient (Wildman–Crippen LogP) is 1.01. The molecule has 0 amide bonds. The third-order valence-corrected chi connectivity index (χ3v) is 1.64. The van der Waals surface area contributed by atoms with Crippen LogP contribution in [0.2, 0.25) is 0 Å². The third kappa shape index (κ3) is 7.04. The van der Waals surface area contributed by atoms with Gasteiger partial charge < -0.3 is 15.3 Å². The van der Waals surface area contributed by atoms with Gasteiger partial charge in [-0.05, 0) is 0 Å². The maximum atomic E-state index is 10.6. The van der Waals surface area contributed by atoms with Crippen LogP contribution in [0.15, 0.2) is 5.16 Å². The van der Waals surface area contributed by atoms with Crippen molar-refractivity contribution in [1.29, 1.82) is 0 Å². The first-order chi connectivity index (χ1) is 7.38. The van der Waals surface area contributed by atoms with Gasteiger partial charge in [0.25, 0.3) is 0 Å². The smallest absolute Gasteiger partial charge is 0.475 e. The molecular formula is C8H13F3N2O3. The van der Waals surface area contributed by atoms with Crippen LogP contribution >= 0.6 is 0 Å². The van der Waals surface area contributed by atoms with Gasteiger partial charge in [0, 0.05) is 25.9 Å². The first kappa shape index (κ1) is 14.7. The molecule has 1 saturated heterocycles. The summed E-state index contributed by atoms with van der Waals surface area (Å²) < 4.78 is 31.7. The zero-order valence-electron chi connectivity index (χ0n) is 8.67. The fourth-order valence-corrected chi connectivity index (χ4v) is 0.936. The number of alkyl halides is 3. The van der Waals surface area contributed by atoms with Crippen LogP contribution in [-0.4, -0.2) is 43.2 Å². The molecule has 0 bridgehead atoms. The maximum Gasteiger partial charge on any atom is 0.490 e.